The summed E-state index contributed by atoms with van der Waals surface area (Å²) in [5.41, 5.74) is 0. The summed E-state index contributed by atoms with van der Waals surface area (Å²) in [5.74, 6) is 0. The minimum atomic E-state index is 0.372. The number of hydrogen-bond acceptors (Lipinski definition) is 1. The van der Waals surface area contributed by atoms with Crippen molar-refractivity contribution in [2.24, 2.45) is 0 Å². The van der Waals surface area contributed by atoms with Crippen LogP contribution in [0.4, 0.5) is 0 Å². The predicted molar refractivity (Wildman–Crippen MR) is 135 cm³/mol. The smallest absolute Gasteiger partial charge is 0.0431 e. The zero-order valence-electron chi connectivity index (χ0n) is 21.1. The highest BCUT2D eigenvalue weighted by Crippen LogP contribution is 2.12. The Labute approximate surface area is 186 Å². The molecular formula is C28H60O. The molecule has 0 aromatic carbocycles. The van der Waals surface area contributed by atoms with Crippen LogP contribution in [0.1, 0.15) is 175 Å². The molecule has 0 radical (unpaired) electrons. The monoisotopic (exact) mass is 412 g/mol. The van der Waals surface area contributed by atoms with Crippen molar-refractivity contribution < 1.29 is 5.11 Å². The van der Waals surface area contributed by atoms with Gasteiger partial charge in [-0.3, -0.25) is 0 Å². The Morgan fingerprint density at radius 2 is 0.448 bits per heavy atom. The summed E-state index contributed by atoms with van der Waals surface area (Å²) in [6, 6.07) is 0. The molecule has 0 saturated carbocycles. The Kier molecular flexibility index (Phi) is 35.0. The van der Waals surface area contributed by atoms with Crippen molar-refractivity contribution in [2.45, 2.75) is 175 Å². The average Bonchev–Trinajstić information content (AvgIpc) is 2.74. The molecule has 0 aliphatic heterocycles. The van der Waals surface area contributed by atoms with Gasteiger partial charge in [0, 0.05) is 6.61 Å². The lowest BCUT2D eigenvalue weighted by Crippen LogP contribution is -1.84. The lowest BCUT2D eigenvalue weighted by atomic mass is 10.1. The van der Waals surface area contributed by atoms with E-state index in [1.54, 1.807) is 0 Å². The first kappa shape index (κ1) is 31.1. The molecule has 178 valence electrons. The molecule has 0 rings (SSSR count). The van der Waals surface area contributed by atoms with Gasteiger partial charge in [0.25, 0.3) is 0 Å². The molecule has 0 bridgehead atoms. The predicted octanol–water partition coefficient (Wildman–Crippen LogP) is 10.4. The molecule has 0 aliphatic carbocycles. The van der Waals surface area contributed by atoms with Crippen LogP contribution in [-0.2, 0) is 0 Å². The van der Waals surface area contributed by atoms with Gasteiger partial charge in [-0.1, -0.05) is 168 Å². The van der Waals surface area contributed by atoms with E-state index in [-0.39, 0.29) is 0 Å². The fourth-order valence-corrected chi connectivity index (χ4v) is 3.87. The molecule has 29 heavy (non-hydrogen) atoms. The van der Waals surface area contributed by atoms with Gasteiger partial charge in [0.05, 0.1) is 0 Å². The van der Waals surface area contributed by atoms with E-state index >= 15 is 0 Å². The second kappa shape index (κ2) is 32.6. The summed E-state index contributed by atoms with van der Waals surface area (Å²) < 4.78 is 0. The van der Waals surface area contributed by atoms with Gasteiger partial charge in [0.1, 0.15) is 0 Å². The third kappa shape index (κ3) is 35.7. The van der Waals surface area contributed by atoms with Gasteiger partial charge in [-0.05, 0) is 6.42 Å². The van der Waals surface area contributed by atoms with Gasteiger partial charge in [0.2, 0.25) is 0 Å². The molecule has 1 heteroatoms. The van der Waals surface area contributed by atoms with Crippen molar-refractivity contribution in [3.8, 4) is 0 Å². The number of aliphatic hydroxyl groups is 1. The van der Waals surface area contributed by atoms with Crippen LogP contribution < -0.4 is 0 Å². The van der Waals surface area contributed by atoms with E-state index in [2.05, 4.69) is 20.8 Å². The van der Waals surface area contributed by atoms with Crippen LogP contribution in [-0.4, -0.2) is 11.7 Å². The van der Waals surface area contributed by atoms with E-state index in [1.165, 1.54) is 148 Å². The van der Waals surface area contributed by atoms with Crippen LogP contribution in [0.5, 0.6) is 0 Å². The summed E-state index contributed by atoms with van der Waals surface area (Å²) in [7, 11) is 0. The zero-order valence-corrected chi connectivity index (χ0v) is 21.1. The summed E-state index contributed by atoms with van der Waals surface area (Å²) in [6.45, 7) is 7.21. The van der Waals surface area contributed by atoms with Crippen LogP contribution in [0.25, 0.3) is 0 Å². The van der Waals surface area contributed by atoms with Gasteiger partial charge < -0.3 is 5.11 Å². The van der Waals surface area contributed by atoms with Gasteiger partial charge in [-0.2, -0.15) is 0 Å². The first-order valence-electron chi connectivity index (χ1n) is 13.9. The van der Waals surface area contributed by atoms with E-state index in [4.69, 9.17) is 5.11 Å². The first-order valence-corrected chi connectivity index (χ1v) is 13.9. The standard InChI is InChI=1S/C14H30O.C14H30/c1-2-3-4-5-6-7-8-9-10-11-12-13-14-15;1-3-5-7-9-11-13-14-12-10-8-6-4-2/h15H,2-14H2,1H3;3-14H2,1-2H3. The highest BCUT2D eigenvalue weighted by molar-refractivity contribution is 4.48. The quantitative estimate of drug-likeness (QED) is 0.165. The minimum absolute atomic E-state index is 0.372. The van der Waals surface area contributed by atoms with Crippen molar-refractivity contribution in [3.63, 3.8) is 0 Å². The molecule has 0 saturated heterocycles. The maximum atomic E-state index is 8.61. The molecule has 0 spiro atoms. The molecule has 0 unspecified atom stereocenters. The van der Waals surface area contributed by atoms with Crippen molar-refractivity contribution >= 4 is 0 Å². The fourth-order valence-electron chi connectivity index (χ4n) is 3.87. The first-order chi connectivity index (χ1) is 14.3. The highest BCUT2D eigenvalue weighted by Gasteiger charge is 1.93. The molecular weight excluding hydrogens is 352 g/mol. The van der Waals surface area contributed by atoms with E-state index in [1.807, 2.05) is 0 Å². The third-order valence-electron chi connectivity index (χ3n) is 5.97. The molecule has 0 aliphatic rings. The van der Waals surface area contributed by atoms with E-state index < -0.39 is 0 Å². The highest BCUT2D eigenvalue weighted by atomic mass is 16.2. The second-order valence-electron chi connectivity index (χ2n) is 9.15. The maximum absolute atomic E-state index is 8.61. The zero-order chi connectivity index (χ0) is 21.7. The molecule has 1 nitrogen and oxygen atoms in total. The maximum Gasteiger partial charge on any atom is 0.0431 e. The Morgan fingerprint density at radius 3 is 0.621 bits per heavy atom. The Morgan fingerprint density at radius 1 is 0.276 bits per heavy atom. The van der Waals surface area contributed by atoms with Crippen LogP contribution in [0.15, 0.2) is 0 Å². The Bertz CT molecular complexity index is 214. The van der Waals surface area contributed by atoms with Crippen LogP contribution in [0, 0.1) is 0 Å². The molecule has 0 atom stereocenters. The molecule has 0 amide bonds. The summed E-state index contributed by atoms with van der Waals surface area (Å²) in [4.78, 5) is 0. The summed E-state index contributed by atoms with van der Waals surface area (Å²) in [5, 5.41) is 8.61. The van der Waals surface area contributed by atoms with E-state index in [9.17, 15) is 0 Å². The van der Waals surface area contributed by atoms with Crippen LogP contribution in [0.2, 0.25) is 0 Å². The van der Waals surface area contributed by atoms with Crippen molar-refractivity contribution in [1.82, 2.24) is 0 Å². The Hall–Kier alpha value is -0.0400. The average molecular weight is 413 g/mol. The summed E-state index contributed by atoms with van der Waals surface area (Å²) >= 11 is 0. The normalized spacial score (nSPS) is 10.8. The van der Waals surface area contributed by atoms with Crippen LogP contribution >= 0.6 is 0 Å². The van der Waals surface area contributed by atoms with Gasteiger partial charge in [0.15, 0.2) is 0 Å². The number of aliphatic hydroxyl groups excluding tert-OH is 1. The lowest BCUT2D eigenvalue weighted by molar-refractivity contribution is 0.282. The van der Waals surface area contributed by atoms with Crippen molar-refractivity contribution in [3.05, 3.63) is 0 Å². The molecule has 0 aromatic rings. The SMILES string of the molecule is CCCCCCCCCCCCCC.CCCCCCCCCCCCCCO. The van der Waals surface area contributed by atoms with Gasteiger partial charge >= 0.3 is 0 Å². The van der Waals surface area contributed by atoms with E-state index in [0.29, 0.717) is 6.61 Å². The summed E-state index contributed by atoms with van der Waals surface area (Å²) in [6.07, 6.45) is 33.7. The van der Waals surface area contributed by atoms with Gasteiger partial charge in [-0.15, -0.1) is 0 Å². The third-order valence-corrected chi connectivity index (χ3v) is 5.97. The number of hydrogen-bond donors (Lipinski definition) is 1. The Balaban J connectivity index is 0. The minimum Gasteiger partial charge on any atom is -0.396 e. The molecule has 0 heterocycles. The lowest BCUT2D eigenvalue weighted by Gasteiger charge is -2.01. The molecule has 0 fully saturated rings. The topological polar surface area (TPSA) is 20.2 Å². The van der Waals surface area contributed by atoms with Gasteiger partial charge in [-0.25, -0.2) is 0 Å². The molecule has 0 aromatic heterocycles. The molecule has 1 N–H and O–H groups in total. The van der Waals surface area contributed by atoms with Crippen LogP contribution in [0.3, 0.4) is 0 Å². The largest absolute Gasteiger partial charge is 0.396 e. The van der Waals surface area contributed by atoms with Crippen molar-refractivity contribution in [2.75, 3.05) is 6.61 Å². The van der Waals surface area contributed by atoms with Crippen molar-refractivity contribution in [1.29, 1.82) is 0 Å². The number of rotatable bonds is 23. The second-order valence-corrected chi connectivity index (χ2v) is 9.15. The number of unbranched alkanes of at least 4 members (excludes halogenated alkanes) is 22. The fraction of sp³-hybridized carbons (Fsp3) is 1.00. The van der Waals surface area contributed by atoms with E-state index in [0.717, 1.165) is 6.42 Å².